The Morgan fingerprint density at radius 1 is 0.298 bits per heavy atom. The van der Waals surface area contributed by atoms with Gasteiger partial charge in [0.15, 0.2) is 0 Å². The van der Waals surface area contributed by atoms with Gasteiger partial charge in [-0.2, -0.15) is 0 Å². The quantitative estimate of drug-likeness (QED) is 0.0124. The molecule has 94 heavy (non-hydrogen) atoms. The minimum atomic E-state index is -0.818. The fourth-order valence-electron chi connectivity index (χ4n) is 9.47. The molecular formula is C82H104Br2O10. The third kappa shape index (κ3) is 29.4. The van der Waals surface area contributed by atoms with E-state index in [0.29, 0.717) is 119 Å². The minimum Gasteiger partial charge on any atom is -0.492 e. The van der Waals surface area contributed by atoms with Gasteiger partial charge in [-0.05, 0) is 115 Å². The lowest BCUT2D eigenvalue weighted by Gasteiger charge is -2.15. The molecule has 0 saturated heterocycles. The molecule has 10 nitrogen and oxygen atoms in total. The van der Waals surface area contributed by atoms with E-state index in [0.717, 1.165) is 165 Å². The number of rotatable bonds is 40. The first-order chi connectivity index (χ1) is 45.5. The van der Waals surface area contributed by atoms with Crippen molar-refractivity contribution in [1.82, 2.24) is 0 Å². The maximum absolute atomic E-state index is 12.6. The highest BCUT2D eigenvalue weighted by Crippen LogP contribution is 2.34. The van der Waals surface area contributed by atoms with Gasteiger partial charge >= 0.3 is 11.9 Å². The number of hydrogen-bond acceptors (Lipinski definition) is 10. The monoisotopic (exact) mass is 1410 g/mol. The maximum atomic E-state index is 12.6. The van der Waals surface area contributed by atoms with E-state index < -0.39 is 8.65 Å². The molecule has 0 fully saturated rings. The van der Waals surface area contributed by atoms with Crippen LogP contribution in [0.4, 0.5) is 0 Å². The van der Waals surface area contributed by atoms with Crippen LogP contribution < -0.4 is 37.9 Å². The molecule has 0 spiro atoms. The topological polar surface area (TPSA) is 108 Å². The van der Waals surface area contributed by atoms with Crippen LogP contribution in [-0.4, -0.2) is 60.2 Å². The zero-order chi connectivity index (χ0) is 67.8. The summed E-state index contributed by atoms with van der Waals surface area (Å²) in [5, 5.41) is 0. The SMILES string of the molecule is CCCCCCOc1cc(C#Cc2cc(OCCCCCC)c(C#Cc3cc(OCCCCCC)c(C#Cc4ccc(OC(=O)C(C)(C)Br)cc4)cc3OCCCCCC)cc2OCCCCCC)c(OCCCCCC)cc1C#Cc1ccc(OC(=O)C(C)(C)Br)cc1. The molecule has 0 radical (unpaired) electrons. The summed E-state index contributed by atoms with van der Waals surface area (Å²) in [6.07, 6.45) is 25.0. The van der Waals surface area contributed by atoms with Gasteiger partial charge in [-0.1, -0.05) is 236 Å². The van der Waals surface area contributed by atoms with E-state index in [4.69, 9.17) is 37.9 Å². The molecule has 0 aliphatic heterocycles. The van der Waals surface area contributed by atoms with Gasteiger partial charge in [-0.15, -0.1) is 0 Å². The second kappa shape index (κ2) is 43.9. The molecule has 0 bridgehead atoms. The van der Waals surface area contributed by atoms with E-state index in [-0.39, 0.29) is 11.9 Å². The van der Waals surface area contributed by atoms with Crippen molar-refractivity contribution >= 4 is 43.8 Å². The van der Waals surface area contributed by atoms with E-state index >= 15 is 0 Å². The van der Waals surface area contributed by atoms with Gasteiger partial charge in [0.2, 0.25) is 0 Å². The van der Waals surface area contributed by atoms with Crippen molar-refractivity contribution in [2.24, 2.45) is 0 Å². The molecule has 0 aliphatic rings. The lowest BCUT2D eigenvalue weighted by molar-refractivity contribution is -0.136. The van der Waals surface area contributed by atoms with E-state index in [1.54, 1.807) is 52.0 Å². The molecule has 5 aromatic carbocycles. The molecule has 0 amide bonds. The summed E-state index contributed by atoms with van der Waals surface area (Å²) in [6.45, 7) is 23.3. The fourth-order valence-corrected chi connectivity index (χ4v) is 9.63. The predicted molar refractivity (Wildman–Crippen MR) is 391 cm³/mol. The minimum absolute atomic E-state index is 0.385. The van der Waals surface area contributed by atoms with Crippen LogP contribution in [0.1, 0.15) is 268 Å². The highest BCUT2D eigenvalue weighted by Gasteiger charge is 2.27. The second-order valence-corrected chi connectivity index (χ2v) is 28.7. The van der Waals surface area contributed by atoms with Crippen LogP contribution in [0.5, 0.6) is 46.0 Å². The Kier molecular flexibility index (Phi) is 36.3. The first-order valence-electron chi connectivity index (χ1n) is 34.9. The molecule has 506 valence electrons. The first kappa shape index (κ1) is 77.7. The summed E-state index contributed by atoms with van der Waals surface area (Å²) in [7, 11) is 0. The normalized spacial score (nSPS) is 10.9. The number of halogens is 2. The van der Waals surface area contributed by atoms with Gasteiger partial charge < -0.3 is 37.9 Å². The summed E-state index contributed by atoms with van der Waals surface area (Å²) >= 11 is 6.78. The highest BCUT2D eigenvalue weighted by atomic mass is 79.9. The van der Waals surface area contributed by atoms with Crippen molar-refractivity contribution in [3.63, 3.8) is 0 Å². The number of benzene rings is 5. The zero-order valence-electron chi connectivity index (χ0n) is 58.1. The average molecular weight is 1410 g/mol. The van der Waals surface area contributed by atoms with Gasteiger partial charge in [0.05, 0.1) is 73.0 Å². The molecule has 5 rings (SSSR count). The van der Waals surface area contributed by atoms with E-state index in [1.165, 1.54) is 0 Å². The Hall–Kier alpha value is -6.96. The Balaban J connectivity index is 1.70. The molecule has 0 atom stereocenters. The van der Waals surface area contributed by atoms with Gasteiger partial charge in [0.25, 0.3) is 0 Å². The molecule has 0 saturated carbocycles. The van der Waals surface area contributed by atoms with Crippen molar-refractivity contribution in [3.8, 4) is 93.4 Å². The summed E-state index contributed by atoms with van der Waals surface area (Å²) in [4.78, 5) is 25.2. The van der Waals surface area contributed by atoms with Gasteiger partial charge in [-0.25, -0.2) is 0 Å². The van der Waals surface area contributed by atoms with Crippen LogP contribution in [-0.2, 0) is 9.59 Å². The van der Waals surface area contributed by atoms with Crippen LogP contribution in [0.25, 0.3) is 0 Å². The van der Waals surface area contributed by atoms with Crippen molar-refractivity contribution in [1.29, 1.82) is 0 Å². The number of hydrogen-bond donors (Lipinski definition) is 0. The molecule has 0 aliphatic carbocycles. The van der Waals surface area contributed by atoms with Crippen molar-refractivity contribution in [3.05, 3.63) is 129 Å². The number of esters is 2. The lowest BCUT2D eigenvalue weighted by Crippen LogP contribution is -2.29. The summed E-state index contributed by atoms with van der Waals surface area (Å²) < 4.78 is 49.6. The first-order valence-corrected chi connectivity index (χ1v) is 36.5. The molecular weight excluding hydrogens is 1300 g/mol. The highest BCUT2D eigenvalue weighted by molar-refractivity contribution is 9.10. The van der Waals surface area contributed by atoms with Crippen molar-refractivity contribution < 1.29 is 47.5 Å². The smallest absolute Gasteiger partial charge is 0.327 e. The van der Waals surface area contributed by atoms with E-state index in [1.807, 2.05) is 60.7 Å². The summed E-state index contributed by atoms with van der Waals surface area (Å²) in [6, 6.07) is 26.2. The largest absolute Gasteiger partial charge is 0.492 e. The van der Waals surface area contributed by atoms with Crippen LogP contribution in [0.2, 0.25) is 0 Å². The molecule has 0 unspecified atom stereocenters. The predicted octanol–water partition coefficient (Wildman–Crippen LogP) is 21.2. The Bertz CT molecular complexity index is 3140. The van der Waals surface area contributed by atoms with E-state index in [2.05, 4.69) is 121 Å². The Labute approximate surface area is 582 Å². The third-order valence-corrected chi connectivity index (χ3v) is 15.9. The molecule has 0 heterocycles. The number of carbonyl (C=O) groups excluding carboxylic acids is 2. The zero-order valence-corrected chi connectivity index (χ0v) is 61.3. The van der Waals surface area contributed by atoms with Crippen LogP contribution in [0, 0.1) is 47.4 Å². The Morgan fingerprint density at radius 3 is 0.670 bits per heavy atom. The summed E-state index contributed by atoms with van der Waals surface area (Å²) in [5.74, 6) is 31.4. The second-order valence-electron chi connectivity index (χ2n) is 24.8. The van der Waals surface area contributed by atoms with Crippen molar-refractivity contribution in [2.75, 3.05) is 39.6 Å². The van der Waals surface area contributed by atoms with Crippen molar-refractivity contribution in [2.45, 2.75) is 232 Å². The van der Waals surface area contributed by atoms with Gasteiger partial charge in [0, 0.05) is 47.5 Å². The standard InChI is InChI=1S/C82H104Br2O10/c1-11-17-23-29-51-87-73-59-67(75(89-53-31-25-19-13-3)57-65(73)41-35-63-37-47-71(48-38-63)93-79(85)81(7,8)83)43-45-69-61-78(92-56-34-28-22-16-6)70(62-77(69)91-55-33-27-21-15-5)46-44-68-60-74(88-52-30-24-18-12-2)66(58-76(68)90-54-32-26-20-14-4)42-36-64-39-49-72(50-40-64)94-80(86)82(9,10)84/h37-40,47-50,57-62H,11-34,51-56H2,1-10H3. The number of ether oxygens (including phenoxy) is 8. The van der Waals surface area contributed by atoms with Crippen LogP contribution in [0.15, 0.2) is 84.9 Å². The van der Waals surface area contributed by atoms with Crippen LogP contribution >= 0.6 is 31.9 Å². The third-order valence-electron chi connectivity index (χ3n) is 15.2. The maximum Gasteiger partial charge on any atom is 0.327 e. The molecule has 0 aromatic heterocycles. The molecule has 12 heteroatoms. The number of unbranched alkanes of at least 4 members (excludes halogenated alkanes) is 18. The van der Waals surface area contributed by atoms with Crippen LogP contribution in [0.3, 0.4) is 0 Å². The number of alkyl halides is 2. The molecule has 0 N–H and O–H groups in total. The summed E-state index contributed by atoms with van der Waals surface area (Å²) in [5.41, 5.74) is 5.51. The molecule has 5 aromatic rings. The number of carbonyl (C=O) groups is 2. The average Bonchev–Trinajstić information content (AvgIpc) is 0.846. The fraction of sp³-hybridized carbons (Fsp3) is 0.512. The lowest BCUT2D eigenvalue weighted by atomic mass is 10.0. The van der Waals surface area contributed by atoms with Gasteiger partial charge in [-0.3, -0.25) is 9.59 Å². The van der Waals surface area contributed by atoms with E-state index in [9.17, 15) is 9.59 Å². The van der Waals surface area contributed by atoms with Gasteiger partial charge in [0.1, 0.15) is 54.6 Å². The Morgan fingerprint density at radius 2 is 0.489 bits per heavy atom.